The van der Waals surface area contributed by atoms with Crippen LogP contribution in [0, 0.1) is 5.41 Å². The first-order chi connectivity index (χ1) is 13.0. The van der Waals surface area contributed by atoms with Gasteiger partial charge in [-0.05, 0) is 24.1 Å². The van der Waals surface area contributed by atoms with Gasteiger partial charge in [-0.25, -0.2) is 0 Å². The van der Waals surface area contributed by atoms with Crippen molar-refractivity contribution in [2.45, 2.75) is 26.1 Å². The fraction of sp³-hybridized carbons (Fsp3) is 0.263. The topological polar surface area (TPSA) is 133 Å². The van der Waals surface area contributed by atoms with E-state index in [9.17, 15) is 9.59 Å². The Morgan fingerprint density at radius 1 is 1.11 bits per heavy atom. The summed E-state index contributed by atoms with van der Waals surface area (Å²) in [6, 6.07) is 10.4. The molecule has 6 N–H and O–H groups in total. The van der Waals surface area contributed by atoms with Gasteiger partial charge in [0, 0.05) is 31.0 Å². The molecule has 8 nitrogen and oxygen atoms in total. The fourth-order valence-corrected chi connectivity index (χ4v) is 2.25. The number of pyridine rings is 1. The van der Waals surface area contributed by atoms with Gasteiger partial charge in [-0.15, -0.1) is 0 Å². The van der Waals surface area contributed by atoms with Crippen molar-refractivity contribution >= 4 is 17.6 Å². The third-order valence-electron chi connectivity index (χ3n) is 3.91. The number of nitrogens with one attached hydrogen (secondary N) is 4. The quantitative estimate of drug-likeness (QED) is 0.320. The molecule has 0 aliphatic rings. The Morgan fingerprint density at radius 3 is 2.48 bits per heavy atom. The minimum atomic E-state index is -0.455. The van der Waals surface area contributed by atoms with Gasteiger partial charge in [0.2, 0.25) is 11.8 Å². The number of nitrogens with zero attached hydrogens (tertiary/aromatic N) is 1. The van der Waals surface area contributed by atoms with Crippen molar-refractivity contribution in [2.75, 3.05) is 6.54 Å². The maximum Gasteiger partial charge on any atom is 0.239 e. The van der Waals surface area contributed by atoms with Gasteiger partial charge in [-0.2, -0.15) is 0 Å². The van der Waals surface area contributed by atoms with Crippen LogP contribution in [0.25, 0.3) is 0 Å². The van der Waals surface area contributed by atoms with Crippen LogP contribution in [-0.4, -0.2) is 35.2 Å². The molecule has 1 atom stereocenters. The Labute approximate surface area is 158 Å². The van der Waals surface area contributed by atoms with E-state index in [1.54, 1.807) is 37.5 Å². The van der Waals surface area contributed by atoms with Gasteiger partial charge in [0.15, 0.2) is 0 Å². The number of rotatable bonds is 9. The zero-order valence-electron chi connectivity index (χ0n) is 15.2. The van der Waals surface area contributed by atoms with Crippen LogP contribution < -0.4 is 21.7 Å². The second-order valence-corrected chi connectivity index (χ2v) is 6.07. The molecule has 0 saturated carbocycles. The first kappa shape index (κ1) is 20.1. The van der Waals surface area contributed by atoms with Crippen LogP contribution in [0.5, 0.6) is 0 Å². The zero-order chi connectivity index (χ0) is 19.6. The Kier molecular flexibility index (Phi) is 7.45. The molecule has 0 spiro atoms. The number of aromatic nitrogens is 1. The standard InChI is InChI=1S/C19H24N6O2/c1-13(23-10-14-4-6-16(7-5-14)18(20)21)19(27)25-12-17(26)24-11-15-3-2-8-22-9-15/h2-9,13,23H,10-12H2,1H3,(H3,20,21)(H,24,26)(H,25,27). The number of benzene rings is 1. The number of amidine groups is 1. The molecule has 0 radical (unpaired) electrons. The highest BCUT2D eigenvalue weighted by atomic mass is 16.2. The van der Waals surface area contributed by atoms with Gasteiger partial charge in [0.25, 0.3) is 0 Å². The molecule has 1 unspecified atom stereocenters. The molecule has 2 amide bonds. The summed E-state index contributed by atoms with van der Waals surface area (Å²) in [4.78, 5) is 27.9. The van der Waals surface area contributed by atoms with Crippen LogP contribution in [0.2, 0.25) is 0 Å². The minimum absolute atomic E-state index is 0.0176. The number of carbonyl (C=O) groups is 2. The molecule has 1 heterocycles. The number of nitrogens with two attached hydrogens (primary N) is 1. The molecule has 1 aromatic heterocycles. The second kappa shape index (κ2) is 10.0. The molecule has 0 saturated heterocycles. The maximum absolute atomic E-state index is 12.1. The van der Waals surface area contributed by atoms with Crippen molar-refractivity contribution < 1.29 is 9.59 Å². The highest BCUT2D eigenvalue weighted by Crippen LogP contribution is 2.04. The molecule has 2 aromatic rings. The summed E-state index contributed by atoms with van der Waals surface area (Å²) in [5.41, 5.74) is 7.93. The lowest BCUT2D eigenvalue weighted by atomic mass is 10.1. The zero-order valence-corrected chi connectivity index (χ0v) is 15.2. The summed E-state index contributed by atoms with van der Waals surface area (Å²) in [5.74, 6) is -0.504. The van der Waals surface area contributed by atoms with Gasteiger partial charge in [0.05, 0.1) is 12.6 Å². The average molecular weight is 368 g/mol. The molecule has 8 heteroatoms. The van der Waals surface area contributed by atoms with Gasteiger partial charge in [0.1, 0.15) is 5.84 Å². The van der Waals surface area contributed by atoms with E-state index in [0.29, 0.717) is 18.7 Å². The predicted molar refractivity (Wildman–Crippen MR) is 103 cm³/mol. The van der Waals surface area contributed by atoms with E-state index in [1.165, 1.54) is 0 Å². The summed E-state index contributed by atoms with van der Waals surface area (Å²) in [5, 5.41) is 15.8. The molecule has 0 aliphatic carbocycles. The molecule has 142 valence electrons. The van der Waals surface area contributed by atoms with Crippen molar-refractivity contribution in [3.8, 4) is 0 Å². The smallest absolute Gasteiger partial charge is 0.239 e. The van der Waals surface area contributed by atoms with E-state index in [2.05, 4.69) is 20.9 Å². The third kappa shape index (κ3) is 6.87. The van der Waals surface area contributed by atoms with E-state index < -0.39 is 6.04 Å². The third-order valence-corrected chi connectivity index (χ3v) is 3.91. The summed E-state index contributed by atoms with van der Waals surface area (Å²) >= 11 is 0. The van der Waals surface area contributed by atoms with Gasteiger partial charge in [-0.1, -0.05) is 30.3 Å². The van der Waals surface area contributed by atoms with Crippen LogP contribution in [0.15, 0.2) is 48.8 Å². The molecular weight excluding hydrogens is 344 g/mol. The SMILES string of the molecule is CC(NCc1ccc(C(=N)N)cc1)C(=O)NCC(=O)NCc1cccnc1. The summed E-state index contributed by atoms with van der Waals surface area (Å²) in [6.45, 7) is 2.50. The first-order valence-corrected chi connectivity index (χ1v) is 8.55. The number of carbonyl (C=O) groups excluding carboxylic acids is 2. The van der Waals surface area contributed by atoms with Crippen molar-refractivity contribution in [1.82, 2.24) is 20.9 Å². The summed E-state index contributed by atoms with van der Waals surface area (Å²) < 4.78 is 0. The van der Waals surface area contributed by atoms with Crippen LogP contribution in [-0.2, 0) is 22.7 Å². The Balaban J connectivity index is 1.68. The van der Waals surface area contributed by atoms with Crippen molar-refractivity contribution in [3.05, 3.63) is 65.5 Å². The largest absolute Gasteiger partial charge is 0.384 e. The van der Waals surface area contributed by atoms with E-state index >= 15 is 0 Å². The molecule has 0 fully saturated rings. The highest BCUT2D eigenvalue weighted by molar-refractivity contribution is 5.94. The Morgan fingerprint density at radius 2 is 1.85 bits per heavy atom. The molecule has 2 rings (SSSR count). The van der Waals surface area contributed by atoms with Gasteiger partial charge in [-0.3, -0.25) is 20.0 Å². The number of amides is 2. The summed E-state index contributed by atoms with van der Waals surface area (Å²) in [7, 11) is 0. The minimum Gasteiger partial charge on any atom is -0.384 e. The average Bonchev–Trinajstić information content (AvgIpc) is 2.69. The number of hydrogen-bond acceptors (Lipinski definition) is 5. The van der Waals surface area contributed by atoms with Gasteiger partial charge < -0.3 is 21.7 Å². The molecule has 0 bridgehead atoms. The van der Waals surface area contributed by atoms with Crippen LogP contribution in [0.3, 0.4) is 0 Å². The molecule has 0 aliphatic heterocycles. The van der Waals surface area contributed by atoms with Crippen LogP contribution >= 0.6 is 0 Å². The molecule has 1 aromatic carbocycles. The second-order valence-electron chi connectivity index (χ2n) is 6.07. The summed E-state index contributed by atoms with van der Waals surface area (Å²) in [6.07, 6.45) is 3.34. The van der Waals surface area contributed by atoms with Crippen LogP contribution in [0.4, 0.5) is 0 Å². The lowest BCUT2D eigenvalue weighted by molar-refractivity contribution is -0.127. The van der Waals surface area contributed by atoms with E-state index in [4.69, 9.17) is 11.1 Å². The number of nitrogen functional groups attached to an aromatic ring is 1. The highest BCUT2D eigenvalue weighted by Gasteiger charge is 2.13. The monoisotopic (exact) mass is 368 g/mol. The molecular formula is C19H24N6O2. The van der Waals surface area contributed by atoms with Crippen molar-refractivity contribution in [3.63, 3.8) is 0 Å². The van der Waals surface area contributed by atoms with Crippen LogP contribution in [0.1, 0.15) is 23.6 Å². The van der Waals surface area contributed by atoms with Gasteiger partial charge >= 0.3 is 0 Å². The van der Waals surface area contributed by atoms with E-state index in [-0.39, 0.29) is 24.2 Å². The number of hydrogen-bond donors (Lipinski definition) is 5. The lowest BCUT2D eigenvalue weighted by Crippen LogP contribution is -2.45. The Hall–Kier alpha value is -3.26. The van der Waals surface area contributed by atoms with E-state index in [1.807, 2.05) is 18.2 Å². The lowest BCUT2D eigenvalue weighted by Gasteiger charge is -2.14. The van der Waals surface area contributed by atoms with Crippen molar-refractivity contribution in [1.29, 1.82) is 5.41 Å². The molecule has 27 heavy (non-hydrogen) atoms. The van der Waals surface area contributed by atoms with E-state index in [0.717, 1.165) is 11.1 Å². The fourth-order valence-electron chi connectivity index (χ4n) is 2.25. The predicted octanol–water partition coefficient (Wildman–Crippen LogP) is 0.276. The van der Waals surface area contributed by atoms with Crippen molar-refractivity contribution in [2.24, 2.45) is 5.73 Å². The maximum atomic E-state index is 12.1. The first-order valence-electron chi connectivity index (χ1n) is 8.55. The Bertz CT molecular complexity index is 777. The normalized spacial score (nSPS) is 11.4.